The van der Waals surface area contributed by atoms with E-state index in [-0.39, 0.29) is 0 Å². The second-order valence-corrected chi connectivity index (χ2v) is 37.1. The van der Waals surface area contributed by atoms with Crippen molar-refractivity contribution < 1.29 is 4.42 Å². The molecule has 680 valence electrons. The van der Waals surface area contributed by atoms with Crippen molar-refractivity contribution in [1.29, 1.82) is 0 Å². The van der Waals surface area contributed by atoms with E-state index >= 15 is 0 Å². The molecule has 146 heavy (non-hydrogen) atoms. The molecule has 7 aromatic heterocycles. The topological polar surface area (TPSA) is 144 Å². The summed E-state index contributed by atoms with van der Waals surface area (Å²) in [7, 11) is 0. The lowest BCUT2D eigenvalue weighted by Crippen LogP contribution is -2.01. The van der Waals surface area contributed by atoms with Crippen LogP contribution in [0, 0.1) is 0 Å². The summed E-state index contributed by atoms with van der Waals surface area (Å²) >= 11 is 0. The predicted molar refractivity (Wildman–Crippen MR) is 601 cm³/mol. The van der Waals surface area contributed by atoms with Gasteiger partial charge in [0, 0.05) is 110 Å². The summed E-state index contributed by atoms with van der Waals surface area (Å²) < 4.78 is 13.3. The van der Waals surface area contributed by atoms with Gasteiger partial charge in [0.2, 0.25) is 0 Å². The third kappa shape index (κ3) is 14.9. The van der Waals surface area contributed by atoms with Gasteiger partial charge in [-0.15, -0.1) is 0 Å². The molecular formula is C133H82N12O. The number of benzene rings is 23. The normalized spacial score (nSPS) is 11.7. The number of hydrogen-bond donors (Lipinski definition) is 0. The Morgan fingerprint density at radius 1 is 0.144 bits per heavy atom. The molecule has 13 heteroatoms. The molecule has 30 aromatic rings. The molecule has 30 rings (SSSR count). The Hall–Kier alpha value is -19.9. The van der Waals surface area contributed by atoms with E-state index in [2.05, 4.69) is 432 Å². The van der Waals surface area contributed by atoms with E-state index in [4.69, 9.17) is 49.3 Å². The molecule has 0 spiro atoms. The van der Waals surface area contributed by atoms with Gasteiger partial charge in [0.25, 0.3) is 0 Å². The van der Waals surface area contributed by atoms with Gasteiger partial charge in [-0.05, 0) is 210 Å². The zero-order valence-electron chi connectivity index (χ0n) is 78.6. The fourth-order valence-electron chi connectivity index (χ4n) is 21.4. The van der Waals surface area contributed by atoms with Gasteiger partial charge in [-0.1, -0.05) is 358 Å². The number of fused-ring (bicyclic) bond motifs is 19. The zero-order chi connectivity index (χ0) is 96.2. The summed E-state index contributed by atoms with van der Waals surface area (Å²) in [4.78, 5) is 45.6. The minimum atomic E-state index is 0.606. The van der Waals surface area contributed by atoms with E-state index in [1.807, 2.05) is 78.9 Å². The Bertz CT molecular complexity index is 10400. The Morgan fingerprint density at radius 2 is 0.418 bits per heavy atom. The smallest absolute Gasteiger partial charge is 0.164 e. The van der Waals surface area contributed by atoms with Crippen LogP contribution in [0.25, 0.3) is 282 Å². The number of hydrogen-bond acceptors (Lipinski definition) is 10. The number of rotatable bonds is 12. The first-order valence-electron chi connectivity index (χ1n) is 49.1. The summed E-state index contributed by atoms with van der Waals surface area (Å²) in [5.41, 5.74) is 20.5. The van der Waals surface area contributed by atoms with Gasteiger partial charge in [0.05, 0.1) is 38.8 Å². The fourth-order valence-corrected chi connectivity index (χ4v) is 21.4. The van der Waals surface area contributed by atoms with Crippen LogP contribution in [0.3, 0.4) is 0 Å². The lowest BCUT2D eigenvalue weighted by atomic mass is 10.0. The summed E-state index contributed by atoms with van der Waals surface area (Å²) in [6.45, 7) is 0. The molecule has 0 aliphatic rings. The van der Waals surface area contributed by atoms with Crippen molar-refractivity contribution >= 4 is 163 Å². The van der Waals surface area contributed by atoms with Crippen LogP contribution < -0.4 is 0 Å². The average molecular weight is 1860 g/mol. The van der Waals surface area contributed by atoms with Crippen LogP contribution in [0.5, 0.6) is 0 Å². The highest BCUT2D eigenvalue weighted by Crippen LogP contribution is 2.45. The van der Waals surface area contributed by atoms with Gasteiger partial charge in [0.15, 0.2) is 52.4 Å². The van der Waals surface area contributed by atoms with Crippen molar-refractivity contribution in [1.82, 2.24) is 58.6 Å². The van der Waals surface area contributed by atoms with Crippen molar-refractivity contribution in [2.75, 3.05) is 0 Å². The number of nitrogens with zero attached hydrogens (tertiary/aromatic N) is 12. The summed E-state index contributed by atoms with van der Waals surface area (Å²) in [5.74, 6) is 5.73. The second kappa shape index (κ2) is 35.2. The minimum absolute atomic E-state index is 0.606. The summed E-state index contributed by atoms with van der Waals surface area (Å²) in [6, 6.07) is 174. The first kappa shape index (κ1) is 84.2. The van der Waals surface area contributed by atoms with Crippen molar-refractivity contribution in [2.24, 2.45) is 0 Å². The molecule has 0 unspecified atom stereocenters. The molecule has 0 aliphatic carbocycles. The van der Waals surface area contributed by atoms with E-state index in [0.29, 0.717) is 52.4 Å². The maximum absolute atomic E-state index is 6.20. The van der Waals surface area contributed by atoms with Gasteiger partial charge in [-0.3, -0.25) is 0 Å². The highest BCUT2D eigenvalue weighted by atomic mass is 16.3. The highest BCUT2D eigenvalue weighted by Gasteiger charge is 2.25. The van der Waals surface area contributed by atoms with E-state index in [1.54, 1.807) is 0 Å². The van der Waals surface area contributed by atoms with Crippen molar-refractivity contribution in [2.45, 2.75) is 0 Å². The first-order chi connectivity index (χ1) is 72.3. The number of furan rings is 1. The molecule has 0 bridgehead atoms. The monoisotopic (exact) mass is 1860 g/mol. The lowest BCUT2D eigenvalue weighted by molar-refractivity contribution is 0.669. The third-order valence-electron chi connectivity index (χ3n) is 28.4. The maximum atomic E-state index is 6.20. The van der Waals surface area contributed by atoms with Crippen LogP contribution in [0.4, 0.5) is 0 Å². The highest BCUT2D eigenvalue weighted by molar-refractivity contribution is 6.18. The first-order valence-corrected chi connectivity index (χ1v) is 49.1. The molecule has 0 fully saturated rings. The number of aromatic nitrogens is 12. The Morgan fingerprint density at radius 3 is 0.836 bits per heavy atom. The largest absolute Gasteiger partial charge is 0.456 e. The third-order valence-corrected chi connectivity index (χ3v) is 28.4. The van der Waals surface area contributed by atoms with Crippen LogP contribution in [0.1, 0.15) is 0 Å². The minimum Gasteiger partial charge on any atom is -0.456 e. The molecule has 7 heterocycles. The van der Waals surface area contributed by atoms with E-state index in [1.165, 1.54) is 114 Å². The lowest BCUT2D eigenvalue weighted by Gasteiger charge is -2.14. The van der Waals surface area contributed by atoms with Crippen molar-refractivity contribution in [3.63, 3.8) is 0 Å². The number of para-hydroxylation sites is 4. The molecule has 0 amide bonds. The summed E-state index contributed by atoms with van der Waals surface area (Å²) in [5, 5.41) is 26.1. The molecule has 0 aliphatic heterocycles. The van der Waals surface area contributed by atoms with Crippen LogP contribution >= 0.6 is 0 Å². The van der Waals surface area contributed by atoms with E-state index in [9.17, 15) is 0 Å². The maximum Gasteiger partial charge on any atom is 0.164 e. The molecule has 0 saturated carbocycles. The van der Waals surface area contributed by atoms with Gasteiger partial charge in [0.1, 0.15) is 11.2 Å². The van der Waals surface area contributed by atoms with Crippen LogP contribution in [-0.2, 0) is 0 Å². The molecule has 13 nitrogen and oxygen atoms in total. The molecule has 0 atom stereocenters. The van der Waals surface area contributed by atoms with E-state index in [0.717, 1.165) is 116 Å². The molecule has 0 N–H and O–H groups in total. The standard InChI is InChI=1S/2C45H28N4.C43H26N4O/c1-3-11-32-25-36(19-17-29(32)9-1)44-46-43(47-45(48-44)37-20-18-30-10-2-4-12-33(30)26-37)31-21-23-38(24-22-31)49-41-16-8-7-15-39(41)40-27-34-13-5-6-14-35(34)28-42(40)49;1-2-13-30(14-3-1)43-46-44(34-25-24-29-12-4-5-15-31(29)26-34)48-45(47-43)38-21-10-20-36-35(38)19-11-23-41(36)49-40-22-9-8-18-37(40)39-27-32-16-6-7-17-33(32)28-42(39)49;1-2-11-27(12-3-1)41-44-42(46-43(45-41)34-17-10-20-39-40(34)33-16-7-9-19-38(33)48-39)28-21-23-31(24-22-28)47-36-18-8-6-15-32(36)35-25-29-13-4-5-14-30(29)26-37(35)47/h2*1-28H;1-26H. The second-order valence-electron chi connectivity index (χ2n) is 37.1. The van der Waals surface area contributed by atoms with Gasteiger partial charge >= 0.3 is 0 Å². The SMILES string of the molecule is c1ccc(-c2nc(-c3ccc(-n4c5ccccc5c5cc6ccccc6cc54)cc3)nc(-c3cccc4oc5ccccc5c34)n2)cc1.c1ccc(-c2nc(-c3ccc4ccccc4c3)nc(-c3cccc4c(-n5c6ccccc6c6cc7ccccc7cc65)cccc34)n2)cc1.c1ccc2cc(-c3nc(-c4ccc(-n5c6ccccc6c6cc7ccccc7cc65)cc4)nc(-c4ccc5ccccc5c4)n3)ccc2c1. The predicted octanol–water partition coefficient (Wildman–Crippen LogP) is 33.9. The average Bonchev–Trinajstić information content (AvgIpc) is 1.59. The van der Waals surface area contributed by atoms with Gasteiger partial charge in [-0.25, -0.2) is 44.9 Å². The molecule has 0 saturated heterocycles. The van der Waals surface area contributed by atoms with Crippen molar-refractivity contribution in [3.05, 3.63) is 497 Å². The zero-order valence-corrected chi connectivity index (χ0v) is 78.6. The molecular weight excluding hydrogens is 1780 g/mol. The molecule has 23 aromatic carbocycles. The van der Waals surface area contributed by atoms with Crippen LogP contribution in [0.2, 0.25) is 0 Å². The Labute approximate surface area is 836 Å². The van der Waals surface area contributed by atoms with Crippen LogP contribution in [-0.4, -0.2) is 58.6 Å². The summed E-state index contributed by atoms with van der Waals surface area (Å²) in [6.07, 6.45) is 0. The quantitative estimate of drug-likeness (QED) is 0.116. The van der Waals surface area contributed by atoms with E-state index < -0.39 is 0 Å². The van der Waals surface area contributed by atoms with Crippen LogP contribution in [0.15, 0.2) is 502 Å². The van der Waals surface area contributed by atoms with Gasteiger partial charge < -0.3 is 18.1 Å². The Kier molecular flexibility index (Phi) is 20.3. The molecule has 0 radical (unpaired) electrons. The van der Waals surface area contributed by atoms with Crippen molar-refractivity contribution in [3.8, 4) is 120 Å². The Balaban J connectivity index is 0.000000106. The van der Waals surface area contributed by atoms with Gasteiger partial charge in [-0.2, -0.15) is 0 Å². The fraction of sp³-hybridized carbons (Fsp3) is 0.